The molecular formula is C8H19N3O2S. The van der Waals surface area contributed by atoms with Crippen LogP contribution in [0.4, 0.5) is 0 Å². The van der Waals surface area contributed by atoms with Gasteiger partial charge in [-0.15, -0.1) is 0 Å². The van der Waals surface area contributed by atoms with E-state index in [1.165, 1.54) is 0 Å². The molecule has 2 unspecified atom stereocenters. The number of hydrogen-bond donors (Lipinski definition) is 3. The van der Waals surface area contributed by atoms with Crippen molar-refractivity contribution in [2.45, 2.75) is 38.8 Å². The normalized spacial score (nSPS) is 29.0. The van der Waals surface area contributed by atoms with E-state index in [4.69, 9.17) is 0 Å². The quantitative estimate of drug-likeness (QED) is 0.603. The highest BCUT2D eigenvalue weighted by Crippen LogP contribution is 2.08. The summed E-state index contributed by atoms with van der Waals surface area (Å²) in [5, 5.41) is 3.24. The van der Waals surface area contributed by atoms with Crippen LogP contribution in [0, 0.1) is 0 Å². The van der Waals surface area contributed by atoms with Gasteiger partial charge in [-0.25, -0.2) is 4.72 Å². The lowest BCUT2D eigenvalue weighted by molar-refractivity contribution is 0.347. The molecule has 0 aromatic carbocycles. The van der Waals surface area contributed by atoms with Crippen LogP contribution in [-0.2, 0) is 10.2 Å². The van der Waals surface area contributed by atoms with Gasteiger partial charge in [-0.2, -0.15) is 13.1 Å². The number of piperidine rings is 1. The molecule has 3 N–H and O–H groups in total. The molecule has 0 aromatic heterocycles. The first-order chi connectivity index (χ1) is 6.55. The molecule has 0 radical (unpaired) electrons. The third-order valence-corrected chi connectivity index (χ3v) is 3.68. The van der Waals surface area contributed by atoms with Crippen molar-refractivity contribution in [2.75, 3.05) is 13.1 Å². The Morgan fingerprint density at radius 2 is 2.21 bits per heavy atom. The highest BCUT2D eigenvalue weighted by Gasteiger charge is 2.24. The first-order valence-electron chi connectivity index (χ1n) is 5.05. The van der Waals surface area contributed by atoms with Crippen LogP contribution >= 0.6 is 0 Å². The monoisotopic (exact) mass is 221 g/mol. The van der Waals surface area contributed by atoms with Crippen molar-refractivity contribution in [3.8, 4) is 0 Å². The van der Waals surface area contributed by atoms with Crippen LogP contribution < -0.4 is 14.8 Å². The van der Waals surface area contributed by atoms with Gasteiger partial charge in [0.25, 0.3) is 10.2 Å². The summed E-state index contributed by atoms with van der Waals surface area (Å²) in [4.78, 5) is 0. The van der Waals surface area contributed by atoms with Crippen molar-refractivity contribution in [1.82, 2.24) is 14.8 Å². The average Bonchev–Trinajstić information content (AvgIpc) is 2.08. The second-order valence-corrected chi connectivity index (χ2v) is 5.14. The van der Waals surface area contributed by atoms with E-state index >= 15 is 0 Å². The van der Waals surface area contributed by atoms with Crippen LogP contribution in [0.1, 0.15) is 26.7 Å². The van der Waals surface area contributed by atoms with Gasteiger partial charge >= 0.3 is 0 Å². The summed E-state index contributed by atoms with van der Waals surface area (Å²) >= 11 is 0. The minimum atomic E-state index is -3.30. The van der Waals surface area contributed by atoms with E-state index in [0.717, 1.165) is 19.4 Å². The van der Waals surface area contributed by atoms with Gasteiger partial charge in [0.05, 0.1) is 0 Å². The van der Waals surface area contributed by atoms with E-state index in [-0.39, 0.29) is 12.1 Å². The summed E-state index contributed by atoms with van der Waals surface area (Å²) in [5.41, 5.74) is 0. The Morgan fingerprint density at radius 1 is 1.50 bits per heavy atom. The molecule has 6 heteroatoms. The maximum Gasteiger partial charge on any atom is 0.277 e. The van der Waals surface area contributed by atoms with Gasteiger partial charge in [0.1, 0.15) is 0 Å². The van der Waals surface area contributed by atoms with Crippen LogP contribution in [0.3, 0.4) is 0 Å². The average molecular weight is 221 g/mol. The third kappa shape index (κ3) is 3.53. The largest absolute Gasteiger partial charge is 0.313 e. The Morgan fingerprint density at radius 3 is 2.79 bits per heavy atom. The molecule has 1 saturated heterocycles. The Hall–Kier alpha value is -0.170. The maximum atomic E-state index is 11.4. The van der Waals surface area contributed by atoms with E-state index in [1.54, 1.807) is 6.92 Å². The fraction of sp³-hybridized carbons (Fsp3) is 1.00. The Balaban J connectivity index is 2.49. The summed E-state index contributed by atoms with van der Waals surface area (Å²) in [5.74, 6) is 0. The van der Waals surface area contributed by atoms with E-state index in [2.05, 4.69) is 14.8 Å². The van der Waals surface area contributed by atoms with Crippen LogP contribution in [0.2, 0.25) is 0 Å². The van der Waals surface area contributed by atoms with Gasteiger partial charge in [-0.3, -0.25) is 0 Å². The van der Waals surface area contributed by atoms with Crippen molar-refractivity contribution >= 4 is 10.2 Å². The predicted molar refractivity (Wildman–Crippen MR) is 56.2 cm³/mol. The molecule has 0 bridgehead atoms. The lowest BCUT2D eigenvalue weighted by atomic mass is 10.0. The van der Waals surface area contributed by atoms with Crippen molar-refractivity contribution in [1.29, 1.82) is 0 Å². The van der Waals surface area contributed by atoms with Gasteiger partial charge < -0.3 is 5.32 Å². The second kappa shape index (κ2) is 5.06. The SMILES string of the molecule is CCNS(=O)(=O)NC1CCCNC1C. The molecule has 0 spiro atoms. The molecule has 0 aliphatic carbocycles. The van der Waals surface area contributed by atoms with E-state index < -0.39 is 10.2 Å². The van der Waals surface area contributed by atoms with E-state index in [9.17, 15) is 8.42 Å². The minimum absolute atomic E-state index is 0.00722. The highest BCUT2D eigenvalue weighted by molar-refractivity contribution is 7.87. The fourth-order valence-electron chi connectivity index (χ4n) is 1.64. The zero-order chi connectivity index (χ0) is 10.6. The van der Waals surface area contributed by atoms with Crippen molar-refractivity contribution in [3.05, 3.63) is 0 Å². The molecule has 1 rings (SSSR count). The van der Waals surface area contributed by atoms with Gasteiger partial charge in [0.2, 0.25) is 0 Å². The first-order valence-corrected chi connectivity index (χ1v) is 6.54. The summed E-state index contributed by atoms with van der Waals surface area (Å²) in [6.07, 6.45) is 1.92. The van der Waals surface area contributed by atoms with Crippen LogP contribution in [0.5, 0.6) is 0 Å². The topological polar surface area (TPSA) is 70.2 Å². The fourth-order valence-corrected chi connectivity index (χ4v) is 2.82. The molecule has 84 valence electrons. The van der Waals surface area contributed by atoms with E-state index in [1.807, 2.05) is 6.92 Å². The smallest absolute Gasteiger partial charge is 0.277 e. The molecule has 2 atom stereocenters. The summed E-state index contributed by atoms with van der Waals surface area (Å²) in [7, 11) is -3.30. The lowest BCUT2D eigenvalue weighted by Gasteiger charge is -2.30. The summed E-state index contributed by atoms with van der Waals surface area (Å²) in [6, 6.07) is 0.213. The first kappa shape index (κ1) is 11.9. The van der Waals surface area contributed by atoms with Crippen molar-refractivity contribution in [3.63, 3.8) is 0 Å². The number of rotatable bonds is 4. The lowest BCUT2D eigenvalue weighted by Crippen LogP contribution is -2.54. The molecule has 0 aromatic rings. The van der Waals surface area contributed by atoms with Gasteiger partial charge in [0.15, 0.2) is 0 Å². The van der Waals surface area contributed by atoms with Crippen LogP contribution in [-0.4, -0.2) is 33.6 Å². The molecule has 0 saturated carbocycles. The van der Waals surface area contributed by atoms with E-state index in [0.29, 0.717) is 6.54 Å². The zero-order valence-electron chi connectivity index (χ0n) is 8.71. The van der Waals surface area contributed by atoms with Crippen molar-refractivity contribution in [2.24, 2.45) is 0 Å². The molecule has 14 heavy (non-hydrogen) atoms. The predicted octanol–water partition coefficient (Wildman–Crippen LogP) is -0.429. The maximum absolute atomic E-state index is 11.4. The molecule has 1 fully saturated rings. The van der Waals surface area contributed by atoms with Crippen LogP contribution in [0.25, 0.3) is 0 Å². The molecule has 1 aliphatic rings. The molecule has 1 aliphatic heterocycles. The third-order valence-electron chi connectivity index (χ3n) is 2.40. The summed E-state index contributed by atoms with van der Waals surface area (Å²) < 4.78 is 27.9. The molecule has 0 amide bonds. The van der Waals surface area contributed by atoms with Crippen molar-refractivity contribution < 1.29 is 8.42 Å². The van der Waals surface area contributed by atoms with Gasteiger partial charge in [-0.05, 0) is 26.3 Å². The number of nitrogens with one attached hydrogen (secondary N) is 3. The minimum Gasteiger partial charge on any atom is -0.313 e. The second-order valence-electron chi connectivity index (χ2n) is 3.61. The Labute approximate surface area is 85.8 Å². The standard InChI is InChI=1S/C8H19N3O2S/c1-3-10-14(12,13)11-8-5-4-6-9-7(8)2/h7-11H,3-6H2,1-2H3. The molecule has 1 heterocycles. The zero-order valence-corrected chi connectivity index (χ0v) is 9.52. The summed E-state index contributed by atoms with van der Waals surface area (Å²) in [6.45, 7) is 5.16. The number of hydrogen-bond acceptors (Lipinski definition) is 3. The van der Waals surface area contributed by atoms with Crippen LogP contribution in [0.15, 0.2) is 0 Å². The Kier molecular flexibility index (Phi) is 4.31. The highest BCUT2D eigenvalue weighted by atomic mass is 32.2. The molecular weight excluding hydrogens is 202 g/mol. The molecule has 5 nitrogen and oxygen atoms in total. The van der Waals surface area contributed by atoms with Gasteiger partial charge in [0, 0.05) is 18.6 Å². The Bertz CT molecular complexity index is 266. The van der Waals surface area contributed by atoms with Gasteiger partial charge in [-0.1, -0.05) is 6.92 Å².